The molecule has 1 aromatic carbocycles. The summed E-state index contributed by atoms with van der Waals surface area (Å²) in [7, 11) is 0. The molecule has 1 aliphatic heterocycles. The van der Waals surface area contributed by atoms with Crippen molar-refractivity contribution < 1.29 is 23.4 Å². The highest BCUT2D eigenvalue weighted by Crippen LogP contribution is 2.35. The third-order valence-corrected chi connectivity index (χ3v) is 3.75. The summed E-state index contributed by atoms with van der Waals surface area (Å²) in [4.78, 5) is 24.5. The predicted octanol–water partition coefficient (Wildman–Crippen LogP) is 0.955. The number of halogens is 2. The molecule has 0 spiro atoms. The molecule has 0 saturated heterocycles. The van der Waals surface area contributed by atoms with Crippen molar-refractivity contribution in [3.8, 4) is 5.75 Å². The van der Waals surface area contributed by atoms with E-state index < -0.39 is 23.0 Å². The van der Waals surface area contributed by atoms with Gasteiger partial charge in [0.1, 0.15) is 12.2 Å². The molecule has 6 nitrogen and oxygen atoms in total. The number of aliphatic hydroxyl groups excluding tert-OH is 1. The first-order valence-electron chi connectivity index (χ1n) is 7.04. The number of benzene rings is 1. The molecule has 23 heavy (non-hydrogen) atoms. The maximum Gasteiger partial charge on any atom is 0.256 e. The van der Waals surface area contributed by atoms with Gasteiger partial charge in [-0.25, -0.2) is 4.39 Å². The molecule has 2 aromatic rings. The Bertz CT molecular complexity index is 863. The highest BCUT2D eigenvalue weighted by atomic mass is 19.2. The third kappa shape index (κ3) is 2.35. The molecule has 1 amide bonds. The maximum atomic E-state index is 13.9. The second-order valence-corrected chi connectivity index (χ2v) is 5.32. The number of nitrogens with one attached hydrogen (secondary N) is 1. The average molecular weight is 324 g/mol. The van der Waals surface area contributed by atoms with E-state index in [2.05, 4.69) is 5.32 Å². The Kier molecular flexibility index (Phi) is 3.77. The Morgan fingerprint density at radius 1 is 1.52 bits per heavy atom. The zero-order valence-electron chi connectivity index (χ0n) is 12.2. The van der Waals surface area contributed by atoms with Crippen LogP contribution >= 0.6 is 0 Å². The number of carbonyl (C=O) groups is 1. The maximum absolute atomic E-state index is 13.9. The minimum atomic E-state index is -1.21. The van der Waals surface area contributed by atoms with Crippen LogP contribution in [0.15, 0.2) is 17.1 Å². The van der Waals surface area contributed by atoms with Crippen molar-refractivity contribution in [1.82, 2.24) is 9.88 Å². The fourth-order valence-electron chi connectivity index (χ4n) is 2.62. The van der Waals surface area contributed by atoms with E-state index >= 15 is 0 Å². The van der Waals surface area contributed by atoms with Gasteiger partial charge < -0.3 is 19.7 Å². The zero-order chi connectivity index (χ0) is 16.7. The molecule has 0 saturated carbocycles. The molecule has 1 aliphatic rings. The number of nitrogens with zero attached hydrogens (tertiary/aromatic N) is 1. The smallest absolute Gasteiger partial charge is 0.256 e. The minimum Gasteiger partial charge on any atom is -0.486 e. The topological polar surface area (TPSA) is 80.6 Å². The largest absolute Gasteiger partial charge is 0.486 e. The summed E-state index contributed by atoms with van der Waals surface area (Å²) in [6.45, 7) is 1.56. The van der Waals surface area contributed by atoms with Crippen LogP contribution in [0, 0.1) is 11.6 Å². The normalized spacial score (nSPS) is 16.3. The van der Waals surface area contributed by atoms with E-state index in [0.717, 1.165) is 6.07 Å². The third-order valence-electron chi connectivity index (χ3n) is 3.75. The molecular formula is C15H14F2N2O4. The highest BCUT2D eigenvalue weighted by molar-refractivity contribution is 5.98. The van der Waals surface area contributed by atoms with Crippen LogP contribution in [0.25, 0.3) is 10.9 Å². The Balaban J connectivity index is 2.32. The summed E-state index contributed by atoms with van der Waals surface area (Å²) in [6, 6.07) is 0.511. The van der Waals surface area contributed by atoms with Gasteiger partial charge in [0.15, 0.2) is 11.6 Å². The molecule has 8 heteroatoms. The van der Waals surface area contributed by atoms with Gasteiger partial charge in [-0.1, -0.05) is 0 Å². The quantitative estimate of drug-likeness (QED) is 0.881. The number of rotatable bonds is 3. The monoisotopic (exact) mass is 324 g/mol. The van der Waals surface area contributed by atoms with Crippen LogP contribution in [0.4, 0.5) is 8.78 Å². The standard InChI is InChI=1S/C15H14F2N2O4/c1-7-6-23-14-11(17)10(16)4-8-12(14)19(7)5-9(13(8)21)15(22)18-2-3-20/h4-5,7,20H,2-3,6H2,1H3,(H,18,22). The van der Waals surface area contributed by atoms with Crippen LogP contribution < -0.4 is 15.5 Å². The minimum absolute atomic E-state index is 0.0159. The van der Waals surface area contributed by atoms with Crippen molar-refractivity contribution in [1.29, 1.82) is 0 Å². The molecule has 1 unspecified atom stereocenters. The first-order valence-corrected chi connectivity index (χ1v) is 7.04. The van der Waals surface area contributed by atoms with Crippen molar-refractivity contribution in [3.63, 3.8) is 0 Å². The van der Waals surface area contributed by atoms with Crippen molar-refractivity contribution in [2.24, 2.45) is 0 Å². The van der Waals surface area contributed by atoms with Gasteiger partial charge in [0.2, 0.25) is 11.2 Å². The number of hydrogen-bond donors (Lipinski definition) is 2. The molecule has 2 heterocycles. The van der Waals surface area contributed by atoms with Gasteiger partial charge >= 0.3 is 0 Å². The van der Waals surface area contributed by atoms with E-state index in [1.165, 1.54) is 10.8 Å². The lowest BCUT2D eigenvalue weighted by Crippen LogP contribution is -2.33. The van der Waals surface area contributed by atoms with E-state index in [9.17, 15) is 18.4 Å². The summed E-state index contributed by atoms with van der Waals surface area (Å²) in [6.07, 6.45) is 1.31. The number of carbonyl (C=O) groups excluding carboxylic acids is 1. The molecule has 2 N–H and O–H groups in total. The molecule has 0 bridgehead atoms. The van der Waals surface area contributed by atoms with Crippen LogP contribution in [0.1, 0.15) is 23.3 Å². The summed E-state index contributed by atoms with van der Waals surface area (Å²) in [5.74, 6) is -3.37. The van der Waals surface area contributed by atoms with Crippen molar-refractivity contribution in [3.05, 3.63) is 39.7 Å². The fraction of sp³-hybridized carbons (Fsp3) is 0.333. The van der Waals surface area contributed by atoms with Gasteiger partial charge in [-0.2, -0.15) is 4.39 Å². The Hall–Kier alpha value is -2.48. The second-order valence-electron chi connectivity index (χ2n) is 5.32. The average Bonchev–Trinajstić information content (AvgIpc) is 2.53. The van der Waals surface area contributed by atoms with E-state index in [-0.39, 0.29) is 48.0 Å². The zero-order valence-corrected chi connectivity index (χ0v) is 12.2. The lowest BCUT2D eigenvalue weighted by Gasteiger charge is -2.27. The van der Waals surface area contributed by atoms with Gasteiger partial charge in [-0.3, -0.25) is 9.59 Å². The molecule has 1 atom stereocenters. The number of ether oxygens (including phenoxy) is 1. The molecule has 0 radical (unpaired) electrons. The molecule has 122 valence electrons. The molecule has 1 aromatic heterocycles. The van der Waals surface area contributed by atoms with Crippen LogP contribution in [0.3, 0.4) is 0 Å². The van der Waals surface area contributed by atoms with Gasteiger partial charge in [-0.15, -0.1) is 0 Å². The number of aliphatic hydroxyl groups is 1. The van der Waals surface area contributed by atoms with Crippen LogP contribution in [0.5, 0.6) is 5.75 Å². The van der Waals surface area contributed by atoms with E-state index in [0.29, 0.717) is 0 Å². The Morgan fingerprint density at radius 2 is 2.26 bits per heavy atom. The lowest BCUT2D eigenvalue weighted by atomic mass is 10.1. The number of hydrogen-bond acceptors (Lipinski definition) is 4. The SMILES string of the molecule is CC1COc2c(F)c(F)cc3c(=O)c(C(=O)NCCO)cn1c23. The van der Waals surface area contributed by atoms with Crippen LogP contribution in [-0.4, -0.2) is 35.3 Å². The fourth-order valence-corrected chi connectivity index (χ4v) is 2.62. The summed E-state index contributed by atoms with van der Waals surface area (Å²) < 4.78 is 34.4. The van der Waals surface area contributed by atoms with Crippen LogP contribution in [0.2, 0.25) is 0 Å². The van der Waals surface area contributed by atoms with E-state index in [4.69, 9.17) is 9.84 Å². The molecule has 0 aliphatic carbocycles. The highest BCUT2D eigenvalue weighted by Gasteiger charge is 2.28. The number of amides is 1. The second kappa shape index (κ2) is 5.62. The molecular weight excluding hydrogens is 310 g/mol. The van der Waals surface area contributed by atoms with Gasteiger partial charge in [-0.05, 0) is 13.0 Å². The number of aromatic nitrogens is 1. The lowest BCUT2D eigenvalue weighted by molar-refractivity contribution is 0.0942. The van der Waals surface area contributed by atoms with Gasteiger partial charge in [0.25, 0.3) is 5.91 Å². The number of pyridine rings is 1. The summed E-state index contributed by atoms with van der Waals surface area (Å²) >= 11 is 0. The van der Waals surface area contributed by atoms with Gasteiger partial charge in [0.05, 0.1) is 23.6 Å². The molecule has 3 rings (SSSR count). The van der Waals surface area contributed by atoms with Gasteiger partial charge in [0, 0.05) is 12.7 Å². The first kappa shape index (κ1) is 15.4. The predicted molar refractivity (Wildman–Crippen MR) is 77.7 cm³/mol. The van der Waals surface area contributed by atoms with Crippen molar-refractivity contribution >= 4 is 16.8 Å². The van der Waals surface area contributed by atoms with Crippen molar-refractivity contribution in [2.75, 3.05) is 19.8 Å². The first-order chi connectivity index (χ1) is 11.0. The summed E-state index contributed by atoms with van der Waals surface area (Å²) in [5, 5.41) is 11.0. The summed E-state index contributed by atoms with van der Waals surface area (Å²) in [5.41, 5.74) is -0.785. The van der Waals surface area contributed by atoms with Crippen molar-refractivity contribution in [2.45, 2.75) is 13.0 Å². The van der Waals surface area contributed by atoms with E-state index in [1.54, 1.807) is 6.92 Å². The Morgan fingerprint density at radius 3 is 2.96 bits per heavy atom. The molecule has 0 fully saturated rings. The van der Waals surface area contributed by atoms with Crippen LogP contribution in [-0.2, 0) is 0 Å². The Labute approximate surface area is 129 Å². The van der Waals surface area contributed by atoms with E-state index in [1.807, 2.05) is 0 Å².